The van der Waals surface area contributed by atoms with E-state index >= 15 is 0 Å². The number of pyridine rings is 1. The molecular weight excluding hydrogens is 286 g/mol. The molecular formula is C18H22N5+. The largest absolute Gasteiger partial charge is 0.384 e. The number of hydrogen-bond donors (Lipinski definition) is 2. The molecule has 2 aromatic heterocycles. The van der Waals surface area contributed by atoms with Crippen LogP contribution in [0.2, 0.25) is 0 Å². The lowest BCUT2D eigenvalue weighted by Crippen LogP contribution is -2.25. The maximum Gasteiger partial charge on any atom is 0.177 e. The van der Waals surface area contributed by atoms with Gasteiger partial charge in [0.25, 0.3) is 0 Å². The molecule has 0 fully saturated rings. The fourth-order valence-electron chi connectivity index (χ4n) is 2.65. The molecule has 4 N–H and O–H groups in total. The summed E-state index contributed by atoms with van der Waals surface area (Å²) in [5.74, 6) is 0.543. The van der Waals surface area contributed by atoms with Crippen molar-refractivity contribution < 1.29 is 4.57 Å². The summed E-state index contributed by atoms with van der Waals surface area (Å²) >= 11 is 0. The standard InChI is InChI=1S/C18H22N5/c1-22-10-7-17-16(13-22)6-11-23(17)12-14-2-4-15(5-3-14)18(20)21-9-8-19/h2-7,10-11,13H,8-9,12,19H2,1H3,(H2,20,21)/q+1. The van der Waals surface area contributed by atoms with Crippen molar-refractivity contribution in [2.45, 2.75) is 6.54 Å². The average molecular weight is 308 g/mol. The lowest BCUT2D eigenvalue weighted by atomic mass is 10.1. The van der Waals surface area contributed by atoms with Crippen LogP contribution in [-0.4, -0.2) is 23.5 Å². The van der Waals surface area contributed by atoms with Gasteiger partial charge in [0.1, 0.15) is 12.9 Å². The van der Waals surface area contributed by atoms with E-state index in [9.17, 15) is 0 Å². The minimum Gasteiger partial charge on any atom is -0.384 e. The zero-order valence-corrected chi connectivity index (χ0v) is 13.3. The topological polar surface area (TPSA) is 73.2 Å². The second-order valence-electron chi connectivity index (χ2n) is 5.65. The van der Waals surface area contributed by atoms with E-state index in [1.807, 2.05) is 19.2 Å². The fourth-order valence-corrected chi connectivity index (χ4v) is 2.65. The summed E-state index contributed by atoms with van der Waals surface area (Å²) in [4.78, 5) is 4.23. The van der Waals surface area contributed by atoms with Gasteiger partial charge in [0.2, 0.25) is 0 Å². The zero-order chi connectivity index (χ0) is 16.2. The summed E-state index contributed by atoms with van der Waals surface area (Å²) in [7, 11) is 2.03. The highest BCUT2D eigenvalue weighted by Crippen LogP contribution is 2.15. The van der Waals surface area contributed by atoms with Crippen LogP contribution in [-0.2, 0) is 13.6 Å². The first-order valence-corrected chi connectivity index (χ1v) is 7.71. The van der Waals surface area contributed by atoms with Crippen molar-refractivity contribution in [3.05, 3.63) is 66.1 Å². The summed E-state index contributed by atoms with van der Waals surface area (Å²) in [5.41, 5.74) is 14.8. The number of aromatic nitrogens is 2. The Morgan fingerprint density at radius 3 is 2.70 bits per heavy atom. The second kappa shape index (κ2) is 6.62. The number of nitrogens with zero attached hydrogens (tertiary/aromatic N) is 3. The first-order valence-electron chi connectivity index (χ1n) is 7.71. The Bertz CT molecular complexity index is 830. The number of amidine groups is 1. The third-order valence-electron chi connectivity index (χ3n) is 3.86. The Morgan fingerprint density at radius 2 is 1.96 bits per heavy atom. The van der Waals surface area contributed by atoms with Gasteiger partial charge in [-0.1, -0.05) is 24.3 Å². The highest BCUT2D eigenvalue weighted by atomic mass is 15.0. The summed E-state index contributed by atoms with van der Waals surface area (Å²) in [6.45, 7) is 1.90. The van der Waals surface area contributed by atoms with Gasteiger partial charge in [0.15, 0.2) is 12.4 Å². The monoisotopic (exact) mass is 308 g/mol. The lowest BCUT2D eigenvalue weighted by Gasteiger charge is -2.07. The molecule has 3 aromatic rings. The van der Waals surface area contributed by atoms with Crippen LogP contribution in [0.5, 0.6) is 0 Å². The van der Waals surface area contributed by atoms with Crippen molar-refractivity contribution in [2.24, 2.45) is 23.5 Å². The Balaban J connectivity index is 1.80. The molecule has 0 aliphatic rings. The Labute approximate surface area is 135 Å². The molecule has 1 aromatic carbocycles. The van der Waals surface area contributed by atoms with Gasteiger partial charge in [0, 0.05) is 30.9 Å². The Kier molecular flexibility index (Phi) is 4.39. The van der Waals surface area contributed by atoms with Crippen molar-refractivity contribution in [1.82, 2.24) is 4.57 Å². The highest BCUT2D eigenvalue weighted by Gasteiger charge is 2.05. The van der Waals surface area contributed by atoms with Crippen LogP contribution in [0.1, 0.15) is 11.1 Å². The van der Waals surface area contributed by atoms with E-state index in [2.05, 4.69) is 57.0 Å². The number of aryl methyl sites for hydroxylation is 1. The van der Waals surface area contributed by atoms with Gasteiger partial charge >= 0.3 is 0 Å². The SMILES string of the molecule is C[n+]1ccc2c(ccn2Cc2ccc(C(N)=NCCN)cc2)c1. The minimum atomic E-state index is 0.511. The molecule has 0 amide bonds. The van der Waals surface area contributed by atoms with Crippen LogP contribution in [0.15, 0.2) is 60.0 Å². The van der Waals surface area contributed by atoms with E-state index in [4.69, 9.17) is 11.5 Å². The Hall–Kier alpha value is -2.66. The van der Waals surface area contributed by atoms with Crippen molar-refractivity contribution >= 4 is 16.7 Å². The number of nitrogens with two attached hydrogens (primary N) is 2. The molecule has 0 radical (unpaired) electrons. The normalized spacial score (nSPS) is 12.0. The molecule has 2 heterocycles. The number of rotatable bonds is 5. The molecule has 0 atom stereocenters. The molecule has 0 saturated carbocycles. The summed E-state index contributed by atoms with van der Waals surface area (Å²) in [6.07, 6.45) is 6.32. The van der Waals surface area contributed by atoms with E-state index < -0.39 is 0 Å². The van der Waals surface area contributed by atoms with Gasteiger partial charge in [0.05, 0.1) is 17.4 Å². The fraction of sp³-hybridized carbons (Fsp3) is 0.222. The van der Waals surface area contributed by atoms with Crippen molar-refractivity contribution in [2.75, 3.05) is 13.1 Å². The molecule has 0 aliphatic carbocycles. The van der Waals surface area contributed by atoms with Crippen LogP contribution in [0.3, 0.4) is 0 Å². The lowest BCUT2D eigenvalue weighted by molar-refractivity contribution is -0.670. The first-order chi connectivity index (χ1) is 11.2. The summed E-state index contributed by atoms with van der Waals surface area (Å²) < 4.78 is 4.31. The van der Waals surface area contributed by atoms with Gasteiger partial charge in [-0.3, -0.25) is 4.99 Å². The van der Waals surface area contributed by atoms with Crippen molar-refractivity contribution in [3.63, 3.8) is 0 Å². The molecule has 0 aliphatic heterocycles. The van der Waals surface area contributed by atoms with E-state index in [1.165, 1.54) is 16.5 Å². The summed E-state index contributed by atoms with van der Waals surface area (Å²) in [5, 5.41) is 1.24. The first kappa shape index (κ1) is 15.2. The van der Waals surface area contributed by atoms with E-state index in [-0.39, 0.29) is 0 Å². The van der Waals surface area contributed by atoms with Crippen LogP contribution in [0.4, 0.5) is 0 Å². The predicted octanol–water partition coefficient (Wildman–Crippen LogP) is 1.18. The molecule has 5 heteroatoms. The minimum absolute atomic E-state index is 0.511. The molecule has 5 nitrogen and oxygen atoms in total. The summed E-state index contributed by atoms with van der Waals surface area (Å²) in [6, 6.07) is 12.5. The van der Waals surface area contributed by atoms with E-state index in [0.717, 1.165) is 12.1 Å². The quantitative estimate of drug-likeness (QED) is 0.422. The molecule has 0 saturated heterocycles. The average Bonchev–Trinajstić information content (AvgIpc) is 2.95. The molecule has 0 unspecified atom stereocenters. The molecule has 0 spiro atoms. The van der Waals surface area contributed by atoms with Crippen LogP contribution in [0.25, 0.3) is 10.9 Å². The van der Waals surface area contributed by atoms with Gasteiger partial charge < -0.3 is 16.0 Å². The smallest absolute Gasteiger partial charge is 0.177 e. The highest BCUT2D eigenvalue weighted by molar-refractivity contribution is 5.97. The third-order valence-corrected chi connectivity index (χ3v) is 3.86. The van der Waals surface area contributed by atoms with Crippen molar-refractivity contribution in [1.29, 1.82) is 0 Å². The van der Waals surface area contributed by atoms with Crippen LogP contribution in [0, 0.1) is 0 Å². The second-order valence-corrected chi connectivity index (χ2v) is 5.65. The van der Waals surface area contributed by atoms with E-state index in [0.29, 0.717) is 18.9 Å². The number of benzene rings is 1. The van der Waals surface area contributed by atoms with Gasteiger partial charge in [-0.25, -0.2) is 4.57 Å². The number of aliphatic imine (C=N–C) groups is 1. The van der Waals surface area contributed by atoms with Crippen LogP contribution >= 0.6 is 0 Å². The van der Waals surface area contributed by atoms with Crippen LogP contribution < -0.4 is 16.0 Å². The predicted molar refractivity (Wildman–Crippen MR) is 93.3 cm³/mol. The maximum atomic E-state index is 5.94. The molecule has 0 bridgehead atoms. The van der Waals surface area contributed by atoms with E-state index in [1.54, 1.807) is 0 Å². The van der Waals surface area contributed by atoms with Gasteiger partial charge in [-0.15, -0.1) is 0 Å². The maximum absolute atomic E-state index is 5.94. The molecule has 23 heavy (non-hydrogen) atoms. The van der Waals surface area contributed by atoms with Crippen molar-refractivity contribution in [3.8, 4) is 0 Å². The molecule has 3 rings (SSSR count). The number of fused-ring (bicyclic) bond motifs is 1. The Morgan fingerprint density at radius 1 is 1.17 bits per heavy atom. The third kappa shape index (κ3) is 3.40. The van der Waals surface area contributed by atoms with Gasteiger partial charge in [-0.2, -0.15) is 0 Å². The zero-order valence-electron chi connectivity index (χ0n) is 13.3. The molecule has 118 valence electrons. The number of hydrogen-bond acceptors (Lipinski definition) is 2. The van der Waals surface area contributed by atoms with Gasteiger partial charge in [-0.05, 0) is 11.6 Å².